The molecular weight excluding hydrogens is 476 g/mol. The van der Waals surface area contributed by atoms with E-state index in [1.807, 2.05) is 30.3 Å². The molecule has 5 rings (SSSR count). The van der Waals surface area contributed by atoms with Crippen molar-refractivity contribution in [3.63, 3.8) is 0 Å². The van der Waals surface area contributed by atoms with E-state index in [2.05, 4.69) is 17.6 Å². The van der Waals surface area contributed by atoms with Crippen molar-refractivity contribution in [2.24, 2.45) is 11.8 Å². The first-order chi connectivity index (χ1) is 18.8. The molecule has 0 radical (unpaired) electrons. The molecule has 2 atom stereocenters. The highest BCUT2D eigenvalue weighted by Crippen LogP contribution is 2.50. The van der Waals surface area contributed by atoms with Crippen LogP contribution in [0.4, 0.5) is 0 Å². The lowest BCUT2D eigenvalue weighted by Gasteiger charge is -2.22. The van der Waals surface area contributed by atoms with Crippen molar-refractivity contribution in [2.45, 2.75) is 64.7 Å². The van der Waals surface area contributed by atoms with Crippen molar-refractivity contribution in [2.75, 3.05) is 46.0 Å². The minimum atomic E-state index is 0.00200. The fraction of sp³-hybridized carbons (Fsp3) is 0.594. The highest BCUT2D eigenvalue weighted by molar-refractivity contribution is 6.25. The molecule has 2 unspecified atom stereocenters. The quantitative estimate of drug-likeness (QED) is 0.269. The average molecular weight is 521 g/mol. The second kappa shape index (κ2) is 13.5. The number of ether oxygens (including phenoxy) is 3. The van der Waals surface area contributed by atoms with Gasteiger partial charge in [-0.2, -0.15) is 0 Å². The number of hydrogen-bond acceptors (Lipinski definition) is 6. The molecule has 206 valence electrons. The third-order valence-corrected chi connectivity index (χ3v) is 8.16. The molecule has 2 aromatic carbocycles. The van der Waals surface area contributed by atoms with E-state index in [4.69, 9.17) is 14.2 Å². The first kappa shape index (κ1) is 27.0. The van der Waals surface area contributed by atoms with Crippen molar-refractivity contribution in [3.05, 3.63) is 41.5 Å². The van der Waals surface area contributed by atoms with E-state index in [0.29, 0.717) is 36.7 Å². The second-order valence-corrected chi connectivity index (χ2v) is 11.1. The molecule has 2 aliphatic heterocycles. The maximum absolute atomic E-state index is 13.7. The first-order valence-electron chi connectivity index (χ1n) is 14.9. The van der Waals surface area contributed by atoms with Gasteiger partial charge < -0.3 is 24.8 Å². The van der Waals surface area contributed by atoms with Crippen LogP contribution in [0.2, 0.25) is 0 Å². The van der Waals surface area contributed by atoms with Gasteiger partial charge in [0.15, 0.2) is 5.78 Å². The minimum absolute atomic E-state index is 0.00200. The Kier molecular flexibility index (Phi) is 9.58. The zero-order chi connectivity index (χ0) is 26.2. The third-order valence-electron chi connectivity index (χ3n) is 8.16. The Bertz CT molecular complexity index is 1070. The molecule has 0 bridgehead atoms. The van der Waals surface area contributed by atoms with Gasteiger partial charge in [0, 0.05) is 16.7 Å². The second-order valence-electron chi connectivity index (χ2n) is 11.1. The molecule has 6 heteroatoms. The summed E-state index contributed by atoms with van der Waals surface area (Å²) in [5.74, 6) is 3.62. The third kappa shape index (κ3) is 6.35. The number of carbonyl (C=O) groups is 1. The van der Waals surface area contributed by atoms with Gasteiger partial charge in [-0.05, 0) is 114 Å². The molecule has 1 aliphatic carbocycles. The standard InChI is InChI=1S/C32H44N2O4/c1-2-18-36-27-14-15-28(38-20-7-11-24-9-5-17-34-22-24)31-30(27)29-25(32(31)35)12-3-13-26(29)37-19-6-10-23-8-4-16-33-21-23/h3,12-15,23-24,33-34H,2,4-11,16-22H2,1H3. The zero-order valence-electron chi connectivity index (χ0n) is 23.0. The maximum atomic E-state index is 13.7. The number of rotatable bonds is 13. The van der Waals surface area contributed by atoms with Gasteiger partial charge >= 0.3 is 0 Å². The number of hydrogen-bond donors (Lipinski definition) is 2. The van der Waals surface area contributed by atoms with Crippen molar-refractivity contribution in [1.29, 1.82) is 0 Å². The zero-order valence-corrected chi connectivity index (χ0v) is 23.0. The average Bonchev–Trinajstić information content (AvgIpc) is 3.27. The molecule has 2 saturated heterocycles. The van der Waals surface area contributed by atoms with Gasteiger partial charge in [0.05, 0.1) is 25.4 Å². The van der Waals surface area contributed by atoms with Crippen LogP contribution >= 0.6 is 0 Å². The number of carbonyl (C=O) groups excluding carboxylic acids is 1. The largest absolute Gasteiger partial charge is 0.493 e. The molecule has 0 amide bonds. The highest BCUT2D eigenvalue weighted by Gasteiger charge is 2.35. The molecule has 0 aromatic heterocycles. The van der Waals surface area contributed by atoms with E-state index >= 15 is 0 Å². The minimum Gasteiger partial charge on any atom is -0.493 e. The SMILES string of the molecule is CCCOc1ccc(OCCCC2CCCNC2)c2c1-c1c(OCCCC3CCCNC3)cccc1C2=O. The number of benzene rings is 2. The number of piperidine rings is 2. The fourth-order valence-corrected chi connectivity index (χ4v) is 6.17. The lowest BCUT2D eigenvalue weighted by Crippen LogP contribution is -2.29. The van der Waals surface area contributed by atoms with Crippen LogP contribution < -0.4 is 24.8 Å². The molecule has 0 saturated carbocycles. The van der Waals surface area contributed by atoms with Crippen molar-refractivity contribution in [1.82, 2.24) is 10.6 Å². The topological polar surface area (TPSA) is 68.8 Å². The van der Waals surface area contributed by atoms with Gasteiger partial charge in [0.1, 0.15) is 17.2 Å². The number of nitrogens with one attached hydrogen (secondary N) is 2. The summed E-state index contributed by atoms with van der Waals surface area (Å²) in [5, 5.41) is 6.99. The number of ketones is 1. The molecule has 2 fully saturated rings. The van der Waals surface area contributed by atoms with Crippen molar-refractivity contribution < 1.29 is 19.0 Å². The van der Waals surface area contributed by atoms with Gasteiger partial charge in [-0.25, -0.2) is 0 Å². The molecule has 2 heterocycles. The summed E-state index contributed by atoms with van der Waals surface area (Å²) in [6.07, 6.45) is 10.3. The molecule has 6 nitrogen and oxygen atoms in total. The van der Waals surface area contributed by atoms with E-state index in [1.165, 1.54) is 25.7 Å². The van der Waals surface area contributed by atoms with Crippen LogP contribution in [0.5, 0.6) is 17.2 Å². The Morgan fingerprint density at radius 1 is 0.737 bits per heavy atom. The maximum Gasteiger partial charge on any atom is 0.198 e. The van der Waals surface area contributed by atoms with Crippen LogP contribution in [0.3, 0.4) is 0 Å². The highest BCUT2D eigenvalue weighted by atomic mass is 16.5. The van der Waals surface area contributed by atoms with E-state index in [9.17, 15) is 4.79 Å². The van der Waals surface area contributed by atoms with E-state index in [0.717, 1.165) is 92.7 Å². The van der Waals surface area contributed by atoms with Gasteiger partial charge in [-0.1, -0.05) is 19.1 Å². The van der Waals surface area contributed by atoms with Crippen LogP contribution in [0.15, 0.2) is 30.3 Å². The predicted octanol–water partition coefficient (Wildman–Crippen LogP) is 6.00. The van der Waals surface area contributed by atoms with E-state index < -0.39 is 0 Å². The summed E-state index contributed by atoms with van der Waals surface area (Å²) >= 11 is 0. The predicted molar refractivity (Wildman–Crippen MR) is 152 cm³/mol. The van der Waals surface area contributed by atoms with Crippen molar-refractivity contribution in [3.8, 4) is 28.4 Å². The van der Waals surface area contributed by atoms with Gasteiger partial charge in [0.2, 0.25) is 0 Å². The molecule has 38 heavy (non-hydrogen) atoms. The monoisotopic (exact) mass is 520 g/mol. The summed E-state index contributed by atoms with van der Waals surface area (Å²) in [4.78, 5) is 13.7. The van der Waals surface area contributed by atoms with E-state index in [-0.39, 0.29) is 5.78 Å². The van der Waals surface area contributed by atoms with Crippen LogP contribution in [0, 0.1) is 11.8 Å². The van der Waals surface area contributed by atoms with Gasteiger partial charge in [-0.15, -0.1) is 0 Å². The first-order valence-corrected chi connectivity index (χ1v) is 14.9. The molecular formula is C32H44N2O4. The van der Waals surface area contributed by atoms with Crippen LogP contribution in [0.25, 0.3) is 11.1 Å². The molecule has 3 aliphatic rings. The summed E-state index contributed by atoms with van der Waals surface area (Å²) in [7, 11) is 0. The Balaban J connectivity index is 1.31. The Morgan fingerprint density at radius 2 is 1.32 bits per heavy atom. The molecule has 2 N–H and O–H groups in total. The summed E-state index contributed by atoms with van der Waals surface area (Å²) < 4.78 is 18.7. The molecule has 0 spiro atoms. The van der Waals surface area contributed by atoms with Gasteiger partial charge in [0.25, 0.3) is 0 Å². The lowest BCUT2D eigenvalue weighted by molar-refractivity contribution is 0.103. The molecule has 2 aromatic rings. The van der Waals surface area contributed by atoms with Crippen LogP contribution in [0.1, 0.15) is 80.6 Å². The van der Waals surface area contributed by atoms with Gasteiger partial charge in [-0.3, -0.25) is 4.79 Å². The Hall–Kier alpha value is -2.57. The Labute approximate surface area is 227 Å². The number of fused-ring (bicyclic) bond motifs is 3. The van der Waals surface area contributed by atoms with Crippen molar-refractivity contribution >= 4 is 5.78 Å². The fourth-order valence-electron chi connectivity index (χ4n) is 6.17. The summed E-state index contributed by atoms with van der Waals surface area (Å²) in [6, 6.07) is 9.69. The normalized spacial score (nSPS) is 20.6. The summed E-state index contributed by atoms with van der Waals surface area (Å²) in [5.41, 5.74) is 2.99. The summed E-state index contributed by atoms with van der Waals surface area (Å²) in [6.45, 7) is 8.45. The smallest absolute Gasteiger partial charge is 0.198 e. The Morgan fingerprint density at radius 3 is 1.89 bits per heavy atom. The van der Waals surface area contributed by atoms with E-state index in [1.54, 1.807) is 0 Å². The van der Waals surface area contributed by atoms with Crippen LogP contribution in [-0.4, -0.2) is 51.8 Å². The lowest BCUT2D eigenvalue weighted by atomic mass is 9.95. The van der Waals surface area contributed by atoms with Crippen LogP contribution in [-0.2, 0) is 0 Å².